The molecule has 1 spiro atoms. The van der Waals surface area contributed by atoms with Gasteiger partial charge in [-0.15, -0.1) is 0 Å². The summed E-state index contributed by atoms with van der Waals surface area (Å²) in [7, 11) is 0. The molecule has 0 N–H and O–H groups in total. The highest BCUT2D eigenvalue weighted by molar-refractivity contribution is 7.09. The number of carbonyl (C=O) groups excluding carboxylic acids is 1. The van der Waals surface area contributed by atoms with Crippen LogP contribution in [-0.4, -0.2) is 58.6 Å². The number of ether oxygens (including phenoxy) is 1. The van der Waals surface area contributed by atoms with E-state index < -0.39 is 0 Å². The Morgan fingerprint density at radius 3 is 2.62 bits per heavy atom. The molecule has 1 aromatic heterocycles. The molecule has 3 heterocycles. The lowest BCUT2D eigenvalue weighted by atomic mass is 9.62. The molecule has 1 atom stereocenters. The maximum absolute atomic E-state index is 13.0. The van der Waals surface area contributed by atoms with E-state index in [0.29, 0.717) is 12.5 Å². The lowest BCUT2D eigenvalue weighted by Gasteiger charge is -2.50. The minimum Gasteiger partial charge on any atom is -0.371 e. The SMILES string of the molecule is CCc1nsc(N2CCC3(CC2)CN(C(=O)C2CCC2(C)C)CCO3)n1. The molecular formula is C19H30N4O2S. The summed E-state index contributed by atoms with van der Waals surface area (Å²) in [4.78, 5) is 22.0. The molecule has 0 radical (unpaired) electrons. The molecule has 1 amide bonds. The number of nitrogens with zero attached hydrogens (tertiary/aromatic N) is 4. The van der Waals surface area contributed by atoms with Gasteiger partial charge in [0, 0.05) is 50.1 Å². The van der Waals surface area contributed by atoms with Crippen molar-refractivity contribution in [2.45, 2.75) is 58.5 Å². The van der Waals surface area contributed by atoms with Crippen LogP contribution >= 0.6 is 11.5 Å². The number of rotatable bonds is 3. The largest absolute Gasteiger partial charge is 0.371 e. The van der Waals surface area contributed by atoms with Gasteiger partial charge in [0.2, 0.25) is 11.0 Å². The van der Waals surface area contributed by atoms with Gasteiger partial charge in [0.25, 0.3) is 0 Å². The summed E-state index contributed by atoms with van der Waals surface area (Å²) < 4.78 is 10.6. The summed E-state index contributed by atoms with van der Waals surface area (Å²) in [5, 5.41) is 1.02. The van der Waals surface area contributed by atoms with Crippen LogP contribution in [-0.2, 0) is 16.0 Å². The molecule has 4 rings (SSSR count). The van der Waals surface area contributed by atoms with Crippen molar-refractivity contribution in [1.29, 1.82) is 0 Å². The van der Waals surface area contributed by atoms with Crippen LogP contribution in [0.2, 0.25) is 0 Å². The minimum absolute atomic E-state index is 0.167. The molecule has 3 fully saturated rings. The van der Waals surface area contributed by atoms with E-state index in [9.17, 15) is 4.79 Å². The van der Waals surface area contributed by atoms with Crippen LogP contribution in [0.4, 0.5) is 5.13 Å². The Morgan fingerprint density at radius 1 is 1.27 bits per heavy atom. The lowest BCUT2D eigenvalue weighted by Crippen LogP contribution is -2.60. The zero-order valence-electron chi connectivity index (χ0n) is 16.2. The van der Waals surface area contributed by atoms with Crippen molar-refractivity contribution in [2.75, 3.05) is 37.7 Å². The normalized spacial score (nSPS) is 27.4. The number of hydrogen-bond donors (Lipinski definition) is 0. The number of aryl methyl sites for hydroxylation is 1. The van der Waals surface area contributed by atoms with Gasteiger partial charge in [-0.25, -0.2) is 4.98 Å². The Labute approximate surface area is 160 Å². The third-order valence-electron chi connectivity index (χ3n) is 6.60. The third kappa shape index (κ3) is 3.24. The first-order valence-corrected chi connectivity index (χ1v) is 10.7. The van der Waals surface area contributed by atoms with Gasteiger partial charge < -0.3 is 14.5 Å². The van der Waals surface area contributed by atoms with Gasteiger partial charge in [0.05, 0.1) is 12.2 Å². The molecule has 1 saturated carbocycles. The second-order valence-electron chi connectivity index (χ2n) is 8.70. The molecule has 1 unspecified atom stereocenters. The first kappa shape index (κ1) is 18.2. The maximum Gasteiger partial charge on any atom is 0.226 e. The van der Waals surface area contributed by atoms with Crippen molar-refractivity contribution < 1.29 is 9.53 Å². The third-order valence-corrected chi connectivity index (χ3v) is 7.41. The van der Waals surface area contributed by atoms with Gasteiger partial charge in [-0.3, -0.25) is 4.79 Å². The molecule has 2 saturated heterocycles. The van der Waals surface area contributed by atoms with Gasteiger partial charge in [0.15, 0.2) is 0 Å². The van der Waals surface area contributed by atoms with Crippen LogP contribution in [0.5, 0.6) is 0 Å². The molecule has 0 bridgehead atoms. The predicted molar refractivity (Wildman–Crippen MR) is 103 cm³/mol. The van der Waals surface area contributed by atoms with Crippen LogP contribution in [0.25, 0.3) is 0 Å². The summed E-state index contributed by atoms with van der Waals surface area (Å²) >= 11 is 1.49. The quantitative estimate of drug-likeness (QED) is 0.809. The van der Waals surface area contributed by atoms with Gasteiger partial charge in [-0.05, 0) is 31.1 Å². The van der Waals surface area contributed by atoms with E-state index in [1.165, 1.54) is 11.5 Å². The molecule has 7 heteroatoms. The number of carbonyl (C=O) groups is 1. The van der Waals surface area contributed by atoms with E-state index in [1.807, 2.05) is 0 Å². The summed E-state index contributed by atoms with van der Waals surface area (Å²) in [6.45, 7) is 10.5. The van der Waals surface area contributed by atoms with Crippen molar-refractivity contribution in [2.24, 2.45) is 11.3 Å². The van der Waals surface area contributed by atoms with E-state index in [2.05, 4.69) is 39.9 Å². The van der Waals surface area contributed by atoms with Gasteiger partial charge >= 0.3 is 0 Å². The van der Waals surface area contributed by atoms with Gasteiger partial charge in [0.1, 0.15) is 5.82 Å². The molecule has 0 aromatic carbocycles. The number of amides is 1. The first-order chi connectivity index (χ1) is 12.4. The van der Waals surface area contributed by atoms with Crippen molar-refractivity contribution in [1.82, 2.24) is 14.3 Å². The predicted octanol–water partition coefficient (Wildman–Crippen LogP) is 2.73. The van der Waals surface area contributed by atoms with E-state index in [4.69, 9.17) is 4.74 Å². The fourth-order valence-electron chi connectivity index (χ4n) is 4.50. The van der Waals surface area contributed by atoms with Crippen LogP contribution in [0.15, 0.2) is 0 Å². The highest BCUT2D eigenvalue weighted by atomic mass is 32.1. The zero-order chi connectivity index (χ0) is 18.4. The molecule has 26 heavy (non-hydrogen) atoms. The number of hydrogen-bond acceptors (Lipinski definition) is 6. The summed E-state index contributed by atoms with van der Waals surface area (Å²) in [5.41, 5.74) is -0.00266. The Hall–Kier alpha value is -1.21. The van der Waals surface area contributed by atoms with Crippen molar-refractivity contribution >= 4 is 22.6 Å². The van der Waals surface area contributed by atoms with Crippen molar-refractivity contribution in [3.05, 3.63) is 5.82 Å². The highest BCUT2D eigenvalue weighted by Gasteiger charge is 2.48. The van der Waals surface area contributed by atoms with E-state index in [0.717, 1.165) is 69.2 Å². The lowest BCUT2D eigenvalue weighted by molar-refractivity contribution is -0.165. The van der Waals surface area contributed by atoms with Gasteiger partial charge in [-0.2, -0.15) is 4.37 Å². The van der Waals surface area contributed by atoms with Crippen molar-refractivity contribution in [3.63, 3.8) is 0 Å². The zero-order valence-corrected chi connectivity index (χ0v) is 17.0. The number of morpholine rings is 1. The summed E-state index contributed by atoms with van der Waals surface area (Å²) in [6.07, 6.45) is 4.99. The Balaban J connectivity index is 1.38. The molecule has 144 valence electrons. The standard InChI is InChI=1S/C19H30N4O2S/c1-4-15-20-17(26-21-15)22-9-7-19(8-10-22)13-23(11-12-25-19)16(24)14-5-6-18(14,2)3/h14H,4-13H2,1-3H3. The summed E-state index contributed by atoms with van der Waals surface area (Å²) in [6, 6.07) is 0. The van der Waals surface area contributed by atoms with Crippen LogP contribution in [0, 0.1) is 11.3 Å². The molecule has 1 aliphatic carbocycles. The summed E-state index contributed by atoms with van der Waals surface area (Å²) in [5.74, 6) is 1.48. The number of anilines is 1. The smallest absolute Gasteiger partial charge is 0.226 e. The van der Waals surface area contributed by atoms with Crippen LogP contribution < -0.4 is 4.90 Å². The van der Waals surface area contributed by atoms with Crippen LogP contribution in [0.1, 0.15) is 52.3 Å². The Kier molecular flexibility index (Phi) is 4.72. The maximum atomic E-state index is 13.0. The molecule has 2 aliphatic heterocycles. The molecule has 1 aromatic rings. The number of piperidine rings is 1. The fourth-order valence-corrected chi connectivity index (χ4v) is 5.30. The van der Waals surface area contributed by atoms with E-state index in [-0.39, 0.29) is 16.9 Å². The molecule has 6 nitrogen and oxygen atoms in total. The first-order valence-electron chi connectivity index (χ1n) is 9.93. The van der Waals surface area contributed by atoms with E-state index in [1.54, 1.807) is 0 Å². The highest BCUT2D eigenvalue weighted by Crippen LogP contribution is 2.47. The van der Waals surface area contributed by atoms with E-state index >= 15 is 0 Å². The minimum atomic E-state index is -0.170. The second-order valence-corrected chi connectivity index (χ2v) is 9.44. The fraction of sp³-hybridized carbons (Fsp3) is 0.842. The average Bonchev–Trinajstić information content (AvgIpc) is 3.11. The average molecular weight is 379 g/mol. The number of aromatic nitrogens is 2. The van der Waals surface area contributed by atoms with Gasteiger partial charge in [-0.1, -0.05) is 20.8 Å². The topological polar surface area (TPSA) is 58.6 Å². The monoisotopic (exact) mass is 378 g/mol. The van der Waals surface area contributed by atoms with Crippen LogP contribution in [0.3, 0.4) is 0 Å². The Bertz CT molecular complexity index is 666. The molecular weight excluding hydrogens is 348 g/mol. The Morgan fingerprint density at radius 2 is 2.04 bits per heavy atom. The molecule has 3 aliphatic rings. The van der Waals surface area contributed by atoms with Crippen molar-refractivity contribution in [3.8, 4) is 0 Å². The second kappa shape index (κ2) is 6.75.